The largest absolute Gasteiger partial charge is 0.417 e. The van der Waals surface area contributed by atoms with Gasteiger partial charge in [-0.1, -0.05) is 16.8 Å². The van der Waals surface area contributed by atoms with Gasteiger partial charge in [0.15, 0.2) is 0 Å². The van der Waals surface area contributed by atoms with Crippen molar-refractivity contribution >= 4 is 23.4 Å². The van der Waals surface area contributed by atoms with Gasteiger partial charge in [0, 0.05) is 24.7 Å². The zero-order valence-electron chi connectivity index (χ0n) is 13.0. The van der Waals surface area contributed by atoms with Gasteiger partial charge in [-0.05, 0) is 37.0 Å². The van der Waals surface area contributed by atoms with E-state index in [9.17, 15) is 18.0 Å². The van der Waals surface area contributed by atoms with Gasteiger partial charge < -0.3 is 15.2 Å². The van der Waals surface area contributed by atoms with E-state index >= 15 is 0 Å². The second-order valence-corrected chi connectivity index (χ2v) is 6.43. The number of hydrogen-bond acceptors (Lipinski definition) is 4. The second kappa shape index (κ2) is 6.59. The van der Waals surface area contributed by atoms with Crippen LogP contribution >= 0.6 is 11.6 Å². The number of nitrogens with zero attached hydrogens (tertiary/aromatic N) is 2. The van der Waals surface area contributed by atoms with E-state index in [2.05, 4.69) is 5.16 Å². The van der Waals surface area contributed by atoms with Crippen LogP contribution in [-0.4, -0.2) is 29.1 Å². The Hall–Kier alpha value is -2.22. The first kappa shape index (κ1) is 17.6. The zero-order valence-corrected chi connectivity index (χ0v) is 13.8. The lowest BCUT2D eigenvalue weighted by atomic mass is 10.0. The monoisotopic (exact) mass is 373 g/mol. The molecule has 1 fully saturated rings. The first-order valence-electron chi connectivity index (χ1n) is 7.61. The summed E-state index contributed by atoms with van der Waals surface area (Å²) >= 11 is 5.68. The Kier molecular flexibility index (Phi) is 4.64. The molecule has 2 N–H and O–H groups in total. The van der Waals surface area contributed by atoms with Crippen molar-refractivity contribution in [2.45, 2.75) is 19.0 Å². The molecule has 1 atom stereocenters. The number of halogens is 4. The fourth-order valence-corrected chi connectivity index (χ4v) is 3.25. The molecular formula is C16H15ClF3N3O2. The summed E-state index contributed by atoms with van der Waals surface area (Å²) in [6.45, 7) is 1.01. The Morgan fingerprint density at radius 2 is 2.16 bits per heavy atom. The smallest absolute Gasteiger partial charge is 0.368 e. The summed E-state index contributed by atoms with van der Waals surface area (Å²) in [5.74, 6) is 0.0940. The van der Waals surface area contributed by atoms with Crippen LogP contribution in [-0.2, 0) is 12.6 Å². The Morgan fingerprint density at radius 1 is 1.40 bits per heavy atom. The predicted octanol–water partition coefficient (Wildman–Crippen LogP) is 3.63. The molecule has 0 saturated carbocycles. The average Bonchev–Trinajstić information content (AvgIpc) is 3.15. The van der Waals surface area contributed by atoms with Crippen LogP contribution in [0, 0.1) is 5.92 Å². The van der Waals surface area contributed by atoms with E-state index in [4.69, 9.17) is 21.9 Å². The molecule has 1 aliphatic heterocycles. The van der Waals surface area contributed by atoms with Crippen molar-refractivity contribution in [3.05, 3.63) is 46.1 Å². The van der Waals surface area contributed by atoms with Crippen molar-refractivity contribution in [3.63, 3.8) is 0 Å². The van der Waals surface area contributed by atoms with Crippen LogP contribution in [0.3, 0.4) is 0 Å². The molecule has 1 aliphatic rings. The highest BCUT2D eigenvalue weighted by Crippen LogP contribution is 2.35. The number of nitrogen functional groups attached to an aromatic ring is 1. The van der Waals surface area contributed by atoms with Gasteiger partial charge in [0.05, 0.1) is 16.3 Å². The molecule has 0 spiro atoms. The average molecular weight is 374 g/mol. The minimum Gasteiger partial charge on any atom is -0.368 e. The number of benzene rings is 1. The molecule has 3 rings (SSSR count). The maximum absolute atomic E-state index is 12.7. The minimum atomic E-state index is -4.54. The molecule has 0 bridgehead atoms. The fraction of sp³-hybridized carbons (Fsp3) is 0.375. The summed E-state index contributed by atoms with van der Waals surface area (Å²) in [4.78, 5) is 14.1. The van der Waals surface area contributed by atoms with Gasteiger partial charge >= 0.3 is 6.18 Å². The number of carbonyl (C=O) groups excluding carboxylic acids is 1. The lowest BCUT2D eigenvalue weighted by Crippen LogP contribution is -2.29. The van der Waals surface area contributed by atoms with Crippen LogP contribution in [0.5, 0.6) is 0 Å². The third-order valence-electron chi connectivity index (χ3n) is 4.17. The molecule has 1 aromatic carbocycles. The number of nitrogens with two attached hydrogens (primary N) is 1. The standard InChI is InChI=1S/C16H15ClF3N3O2/c17-13-6-10(1-2-12(13)16(18,19)20)15(24)23-4-3-9(8-23)5-11-7-14(21)25-22-11/h1-2,6-7,9H,3-5,8,21H2. The predicted molar refractivity (Wildman–Crippen MR) is 85.1 cm³/mol. The number of hydrogen-bond donors (Lipinski definition) is 1. The van der Waals surface area contributed by atoms with Crippen LogP contribution in [0.25, 0.3) is 0 Å². The topological polar surface area (TPSA) is 72.4 Å². The van der Waals surface area contributed by atoms with E-state index in [0.717, 1.165) is 30.3 Å². The van der Waals surface area contributed by atoms with Gasteiger partial charge in [-0.2, -0.15) is 13.2 Å². The molecule has 9 heteroatoms. The molecule has 134 valence electrons. The SMILES string of the molecule is Nc1cc(CC2CCN(C(=O)c3ccc(C(F)(F)F)c(Cl)c3)C2)no1. The van der Waals surface area contributed by atoms with Gasteiger partial charge in [-0.15, -0.1) is 0 Å². The third-order valence-corrected chi connectivity index (χ3v) is 4.48. The molecule has 2 aromatic rings. The minimum absolute atomic E-state index is 0.143. The van der Waals surface area contributed by atoms with E-state index in [0.29, 0.717) is 19.5 Å². The molecule has 0 aliphatic carbocycles. The molecule has 1 aromatic heterocycles. The highest BCUT2D eigenvalue weighted by atomic mass is 35.5. The van der Waals surface area contributed by atoms with Crippen molar-refractivity contribution in [2.75, 3.05) is 18.8 Å². The lowest BCUT2D eigenvalue weighted by molar-refractivity contribution is -0.137. The molecular weight excluding hydrogens is 359 g/mol. The fourth-order valence-electron chi connectivity index (χ4n) is 2.96. The number of aromatic nitrogens is 1. The normalized spacial score (nSPS) is 17.9. The number of amides is 1. The molecule has 1 saturated heterocycles. The lowest BCUT2D eigenvalue weighted by Gasteiger charge is -2.17. The van der Waals surface area contributed by atoms with Gasteiger partial charge in [-0.25, -0.2) is 0 Å². The van der Waals surface area contributed by atoms with E-state index in [1.54, 1.807) is 11.0 Å². The van der Waals surface area contributed by atoms with Crippen molar-refractivity contribution in [3.8, 4) is 0 Å². The Morgan fingerprint density at radius 3 is 2.76 bits per heavy atom. The number of anilines is 1. The van der Waals surface area contributed by atoms with Gasteiger partial charge in [0.25, 0.3) is 5.91 Å². The first-order valence-corrected chi connectivity index (χ1v) is 7.99. The number of rotatable bonds is 3. The molecule has 25 heavy (non-hydrogen) atoms. The van der Waals surface area contributed by atoms with Gasteiger partial charge in [0.2, 0.25) is 5.88 Å². The maximum Gasteiger partial charge on any atom is 0.417 e. The van der Waals surface area contributed by atoms with Gasteiger partial charge in [-0.3, -0.25) is 4.79 Å². The number of likely N-dealkylation sites (tertiary alicyclic amines) is 1. The van der Waals surface area contributed by atoms with Crippen molar-refractivity contribution in [2.24, 2.45) is 5.92 Å². The van der Waals surface area contributed by atoms with E-state index < -0.39 is 16.8 Å². The molecule has 1 unspecified atom stereocenters. The number of alkyl halides is 3. The summed E-state index contributed by atoms with van der Waals surface area (Å²) in [6.07, 6.45) is -3.15. The van der Waals surface area contributed by atoms with Crippen molar-refractivity contribution < 1.29 is 22.5 Å². The first-order chi connectivity index (χ1) is 11.7. The van der Waals surface area contributed by atoms with Crippen molar-refractivity contribution in [1.82, 2.24) is 10.1 Å². The summed E-state index contributed by atoms with van der Waals surface area (Å²) in [5.41, 5.74) is 5.38. The maximum atomic E-state index is 12.7. The Balaban J connectivity index is 1.67. The quantitative estimate of drug-likeness (QED) is 0.891. The zero-order chi connectivity index (χ0) is 18.2. The van der Waals surface area contributed by atoms with Crippen LogP contribution < -0.4 is 5.73 Å². The summed E-state index contributed by atoms with van der Waals surface area (Å²) in [6, 6.07) is 4.70. The van der Waals surface area contributed by atoms with Crippen LogP contribution in [0.1, 0.15) is 28.0 Å². The Labute approximate surface area is 146 Å². The molecule has 2 heterocycles. The van der Waals surface area contributed by atoms with Gasteiger partial charge in [0.1, 0.15) is 0 Å². The highest BCUT2D eigenvalue weighted by Gasteiger charge is 2.34. The highest BCUT2D eigenvalue weighted by molar-refractivity contribution is 6.31. The number of carbonyl (C=O) groups is 1. The molecule has 0 radical (unpaired) electrons. The van der Waals surface area contributed by atoms with E-state index in [1.807, 2.05) is 0 Å². The van der Waals surface area contributed by atoms with E-state index in [1.165, 1.54) is 0 Å². The Bertz CT molecular complexity index is 791. The van der Waals surface area contributed by atoms with Crippen LogP contribution in [0.15, 0.2) is 28.8 Å². The second-order valence-electron chi connectivity index (χ2n) is 6.02. The molecule has 5 nitrogen and oxygen atoms in total. The summed E-state index contributed by atoms with van der Waals surface area (Å²) in [5, 5.41) is 3.34. The van der Waals surface area contributed by atoms with Crippen LogP contribution in [0.2, 0.25) is 5.02 Å². The van der Waals surface area contributed by atoms with Crippen molar-refractivity contribution in [1.29, 1.82) is 0 Å². The van der Waals surface area contributed by atoms with E-state index in [-0.39, 0.29) is 23.3 Å². The molecule has 1 amide bonds. The third kappa shape index (κ3) is 3.89. The van der Waals surface area contributed by atoms with Crippen LogP contribution in [0.4, 0.5) is 19.1 Å². The summed E-state index contributed by atoms with van der Waals surface area (Å²) < 4.78 is 43.0. The summed E-state index contributed by atoms with van der Waals surface area (Å²) in [7, 11) is 0.